The Morgan fingerprint density at radius 2 is 1.84 bits per heavy atom. The Hall–Kier alpha value is -5.79. The highest BCUT2D eigenvalue weighted by molar-refractivity contribution is 6.20. The Bertz CT molecular complexity index is 1950. The van der Waals surface area contributed by atoms with Crippen molar-refractivity contribution in [2.75, 3.05) is 16.3 Å². The van der Waals surface area contributed by atoms with Gasteiger partial charge in [0.05, 0.1) is 10.3 Å². The van der Waals surface area contributed by atoms with Gasteiger partial charge in [-0.2, -0.15) is 0 Å². The molecule has 0 bridgehead atoms. The predicted octanol–water partition coefficient (Wildman–Crippen LogP) is 5.09. The first-order valence-corrected chi connectivity index (χ1v) is 13.1. The van der Waals surface area contributed by atoms with Gasteiger partial charge in [0.1, 0.15) is 17.8 Å². The van der Waals surface area contributed by atoms with Crippen molar-refractivity contribution in [3.05, 3.63) is 82.7 Å². The highest BCUT2D eigenvalue weighted by Gasteiger charge is 2.34. The number of nitrogens with zero attached hydrogens (tertiary/aromatic N) is 8. The van der Waals surface area contributed by atoms with Gasteiger partial charge in [-0.1, -0.05) is 12.1 Å². The number of halogens is 1. The number of fused-ring (bicyclic) bond motifs is 3. The van der Waals surface area contributed by atoms with Crippen LogP contribution in [-0.4, -0.2) is 47.8 Å². The second kappa shape index (κ2) is 10.6. The average molecular weight is 583 g/mol. The summed E-state index contributed by atoms with van der Waals surface area (Å²) in [5, 5.41) is 11.9. The molecule has 0 unspecified atom stereocenters. The van der Waals surface area contributed by atoms with Gasteiger partial charge in [0.25, 0.3) is 5.69 Å². The van der Waals surface area contributed by atoms with Crippen LogP contribution in [0.3, 0.4) is 0 Å². The van der Waals surface area contributed by atoms with E-state index in [0.29, 0.717) is 52.4 Å². The fourth-order valence-corrected chi connectivity index (χ4v) is 5.24. The first kappa shape index (κ1) is 27.4. The minimum Gasteiger partial charge on any atom is -0.421 e. The third-order valence-corrected chi connectivity index (χ3v) is 6.98. The Labute approximate surface area is 243 Å². The smallest absolute Gasteiger partial charge is 0.322 e. The molecule has 43 heavy (non-hydrogen) atoms. The summed E-state index contributed by atoms with van der Waals surface area (Å²) in [5.74, 6) is -1.38. The van der Waals surface area contributed by atoms with E-state index in [1.165, 1.54) is 50.6 Å². The molecule has 0 saturated carbocycles. The van der Waals surface area contributed by atoms with Crippen LogP contribution in [-0.2, 0) is 16.1 Å². The molecule has 0 atom stereocenters. The number of carbonyl (C=O) groups is 2. The summed E-state index contributed by atoms with van der Waals surface area (Å²) in [7, 11) is 0. The Morgan fingerprint density at radius 3 is 2.53 bits per heavy atom. The van der Waals surface area contributed by atoms with Gasteiger partial charge in [-0.05, 0) is 36.8 Å². The van der Waals surface area contributed by atoms with Crippen molar-refractivity contribution in [3.8, 4) is 22.9 Å². The third-order valence-electron chi connectivity index (χ3n) is 6.98. The van der Waals surface area contributed by atoms with Crippen molar-refractivity contribution < 1.29 is 23.6 Å². The van der Waals surface area contributed by atoms with Gasteiger partial charge < -0.3 is 14.2 Å². The average Bonchev–Trinajstić information content (AvgIpc) is 3.53. The normalized spacial score (nSPS) is 12.3. The summed E-state index contributed by atoms with van der Waals surface area (Å²) in [6.45, 7) is 5.08. The number of rotatable bonds is 6. The highest BCUT2D eigenvalue weighted by Crippen LogP contribution is 2.48. The molecule has 0 aliphatic carbocycles. The fraction of sp³-hybridized carbons (Fsp3) is 0.172. The molecule has 0 fully saturated rings. The summed E-state index contributed by atoms with van der Waals surface area (Å²) >= 11 is 0. The summed E-state index contributed by atoms with van der Waals surface area (Å²) in [6.07, 6.45) is 2.75. The maximum Gasteiger partial charge on any atom is 0.322 e. The maximum absolute atomic E-state index is 15.6. The molecule has 0 radical (unpaired) electrons. The van der Waals surface area contributed by atoms with E-state index in [9.17, 15) is 19.7 Å². The van der Waals surface area contributed by atoms with Crippen LogP contribution < -0.4 is 14.5 Å². The number of carbonyl (C=O) groups excluding carboxylic acids is 2. The summed E-state index contributed by atoms with van der Waals surface area (Å²) in [4.78, 5) is 56.0. The van der Waals surface area contributed by atoms with E-state index in [0.717, 1.165) is 4.90 Å². The van der Waals surface area contributed by atoms with Crippen LogP contribution in [0.25, 0.3) is 22.2 Å². The van der Waals surface area contributed by atoms with Gasteiger partial charge in [0.15, 0.2) is 17.4 Å². The largest absolute Gasteiger partial charge is 0.421 e. The summed E-state index contributed by atoms with van der Waals surface area (Å²) < 4.78 is 23.1. The van der Waals surface area contributed by atoms with Gasteiger partial charge in [-0.3, -0.25) is 19.7 Å². The molecule has 13 nitrogen and oxygen atoms in total. The Kier molecular flexibility index (Phi) is 6.72. The third kappa shape index (κ3) is 4.77. The minimum absolute atomic E-state index is 0.0204. The molecule has 1 aliphatic heterocycles. The van der Waals surface area contributed by atoms with E-state index in [1.54, 1.807) is 31.2 Å². The lowest BCUT2D eigenvalue weighted by Gasteiger charge is -2.21. The molecule has 4 heterocycles. The zero-order valence-corrected chi connectivity index (χ0v) is 23.2. The summed E-state index contributed by atoms with van der Waals surface area (Å²) in [5.41, 5.74) is 2.28. The zero-order chi connectivity index (χ0) is 30.4. The van der Waals surface area contributed by atoms with Gasteiger partial charge >= 0.3 is 6.01 Å². The van der Waals surface area contributed by atoms with Crippen LogP contribution in [0.2, 0.25) is 0 Å². The van der Waals surface area contributed by atoms with Crippen molar-refractivity contribution in [3.63, 3.8) is 0 Å². The SMILES string of the molecule is CC(=O)N(C(C)=O)c1ncnc2c1c(-c1ccc(Oc3nccc(C)n3)c(F)c1)c1n2CCN1c1cccc([N+](=O)[O-])c1. The zero-order valence-electron chi connectivity index (χ0n) is 23.2. The van der Waals surface area contributed by atoms with Crippen LogP contribution in [0.1, 0.15) is 19.5 Å². The molecule has 2 amide bonds. The van der Waals surface area contributed by atoms with Crippen LogP contribution in [0.5, 0.6) is 11.8 Å². The molecular weight excluding hydrogens is 559 g/mol. The molecule has 216 valence electrons. The fourth-order valence-electron chi connectivity index (χ4n) is 5.24. The van der Waals surface area contributed by atoms with Crippen LogP contribution >= 0.6 is 0 Å². The van der Waals surface area contributed by atoms with Gasteiger partial charge in [0, 0.05) is 62.2 Å². The highest BCUT2D eigenvalue weighted by atomic mass is 19.1. The van der Waals surface area contributed by atoms with Crippen LogP contribution in [0, 0.1) is 22.9 Å². The number of hydrogen-bond acceptors (Lipinski definition) is 10. The predicted molar refractivity (Wildman–Crippen MR) is 154 cm³/mol. The molecule has 0 spiro atoms. The molecule has 0 N–H and O–H groups in total. The van der Waals surface area contributed by atoms with E-state index in [2.05, 4.69) is 19.9 Å². The Morgan fingerprint density at radius 1 is 1.05 bits per heavy atom. The Balaban J connectivity index is 1.59. The van der Waals surface area contributed by atoms with E-state index >= 15 is 4.39 Å². The van der Waals surface area contributed by atoms with Crippen LogP contribution in [0.15, 0.2) is 61.1 Å². The number of non-ortho nitro benzene ring substituents is 1. The number of ether oxygens (including phenoxy) is 1. The topological polar surface area (TPSA) is 149 Å². The molecule has 3 aromatic heterocycles. The number of anilines is 3. The molecule has 1 aliphatic rings. The number of nitro groups is 1. The molecule has 2 aromatic carbocycles. The lowest BCUT2D eigenvalue weighted by atomic mass is 10.0. The quantitative estimate of drug-likeness (QED) is 0.196. The second-order valence-corrected chi connectivity index (χ2v) is 9.78. The standard InChI is InChI=1S/C29H23FN8O5/c1-16-9-10-31-29(34-16)43-23-8-7-19(13-22(23)30)24-25-26(32-15-33-27(25)37(17(2)39)18(3)40)36-12-11-35(28(24)36)20-5-4-6-21(14-20)38(41)42/h4-10,13-15H,11-12H2,1-3H3. The summed E-state index contributed by atoms with van der Waals surface area (Å²) in [6, 6.07) is 12.1. The van der Waals surface area contributed by atoms with Crippen molar-refractivity contribution >= 4 is 45.9 Å². The van der Waals surface area contributed by atoms with E-state index in [4.69, 9.17) is 4.74 Å². The molecule has 0 saturated heterocycles. The number of imide groups is 1. The van der Waals surface area contributed by atoms with E-state index < -0.39 is 22.6 Å². The molecule has 14 heteroatoms. The number of nitro benzene ring substituents is 1. The second-order valence-electron chi connectivity index (χ2n) is 9.78. The lowest BCUT2D eigenvalue weighted by Crippen LogP contribution is -2.34. The van der Waals surface area contributed by atoms with Crippen molar-refractivity contribution in [1.82, 2.24) is 24.5 Å². The van der Waals surface area contributed by atoms with Crippen molar-refractivity contribution in [2.45, 2.75) is 27.3 Å². The first-order valence-electron chi connectivity index (χ1n) is 13.1. The first-order chi connectivity index (χ1) is 20.6. The van der Waals surface area contributed by atoms with Crippen molar-refractivity contribution in [2.24, 2.45) is 0 Å². The van der Waals surface area contributed by atoms with Crippen LogP contribution in [0.4, 0.5) is 27.4 Å². The van der Waals surface area contributed by atoms with E-state index in [1.807, 2.05) is 9.47 Å². The van der Waals surface area contributed by atoms with Crippen molar-refractivity contribution in [1.29, 1.82) is 0 Å². The molecular formula is C29H23FN8O5. The number of aromatic nitrogens is 5. The number of amides is 2. The van der Waals surface area contributed by atoms with Gasteiger partial charge in [0.2, 0.25) is 11.8 Å². The number of hydrogen-bond donors (Lipinski definition) is 0. The minimum atomic E-state index is -0.719. The van der Waals surface area contributed by atoms with Gasteiger partial charge in [-0.25, -0.2) is 29.2 Å². The van der Waals surface area contributed by atoms with Gasteiger partial charge in [-0.15, -0.1) is 0 Å². The lowest BCUT2D eigenvalue weighted by molar-refractivity contribution is -0.384. The molecule has 5 aromatic rings. The monoisotopic (exact) mass is 582 g/mol. The maximum atomic E-state index is 15.6. The number of benzene rings is 2. The molecule has 6 rings (SSSR count). The van der Waals surface area contributed by atoms with E-state index in [-0.39, 0.29) is 23.3 Å². The number of aryl methyl sites for hydroxylation is 1.